The lowest BCUT2D eigenvalue weighted by Crippen LogP contribution is -2.50. The second-order valence-electron chi connectivity index (χ2n) is 11.5. The lowest BCUT2D eigenvalue weighted by Gasteiger charge is -2.34. The Hall–Kier alpha value is -3.60. The second-order valence-corrected chi connectivity index (χ2v) is 13.3. The number of halogens is 5. The Morgan fingerprint density at radius 3 is 2.34 bits per heavy atom. The Labute approximate surface area is 268 Å². The summed E-state index contributed by atoms with van der Waals surface area (Å²) in [4.78, 5) is 17.6. The molecule has 1 saturated heterocycles. The van der Waals surface area contributed by atoms with E-state index in [0.717, 1.165) is 16.5 Å². The number of aliphatic hydroxyl groups is 2. The number of sulfonamides is 1. The van der Waals surface area contributed by atoms with Crippen LogP contribution in [0.5, 0.6) is 11.5 Å². The summed E-state index contributed by atoms with van der Waals surface area (Å²) in [7, 11) is -3.86. The highest BCUT2D eigenvalue weighted by atomic mass is 32.2. The number of amides is 1. The first kappa shape index (κ1) is 36.2. The summed E-state index contributed by atoms with van der Waals surface area (Å²) in [5.41, 5.74) is 1.39. The van der Waals surface area contributed by atoms with E-state index in [1.54, 1.807) is 38.1 Å². The molecule has 1 spiro atoms. The van der Waals surface area contributed by atoms with Crippen LogP contribution in [0.25, 0.3) is 6.08 Å². The Balaban J connectivity index is 1.37. The number of ether oxygens (including phenoxy) is 2. The van der Waals surface area contributed by atoms with E-state index in [1.807, 2.05) is 0 Å². The van der Waals surface area contributed by atoms with Gasteiger partial charge in [0.15, 0.2) is 0 Å². The Bertz CT molecular complexity index is 1600. The Morgan fingerprint density at radius 1 is 1.06 bits per heavy atom. The van der Waals surface area contributed by atoms with Gasteiger partial charge in [-0.15, -0.1) is 0 Å². The molecule has 1 atom stereocenters. The number of benzene rings is 2. The lowest BCUT2D eigenvalue weighted by atomic mass is 9.89. The Kier molecular flexibility index (Phi) is 11.0. The first-order valence-electron chi connectivity index (χ1n) is 14.8. The van der Waals surface area contributed by atoms with E-state index in [0.29, 0.717) is 16.9 Å². The number of aliphatic imine (C=N–C) groups is 1. The van der Waals surface area contributed by atoms with Crippen LogP contribution in [0.2, 0.25) is 0 Å². The van der Waals surface area contributed by atoms with Crippen molar-refractivity contribution >= 4 is 27.8 Å². The molecular weight excluding hydrogens is 653 g/mol. The first-order valence-corrected chi connectivity index (χ1v) is 16.3. The molecule has 2 aromatic rings. The van der Waals surface area contributed by atoms with Crippen molar-refractivity contribution in [3.05, 3.63) is 64.1 Å². The SMILES string of the molecule is Cc1cc(OC[C@@H](O)CO)cc(C)c1C=CS(=O)(=O)N1CCC2(CC1)N=C(c1cccc(OCCCC(F)(F)C(F)(F)F)c1)NC2=O. The van der Waals surface area contributed by atoms with Crippen molar-refractivity contribution in [3.63, 3.8) is 0 Å². The molecule has 0 aliphatic carbocycles. The maximum Gasteiger partial charge on any atom is 0.453 e. The largest absolute Gasteiger partial charge is 0.494 e. The van der Waals surface area contributed by atoms with Gasteiger partial charge in [-0.2, -0.15) is 26.3 Å². The van der Waals surface area contributed by atoms with Crippen LogP contribution in [0.15, 0.2) is 46.8 Å². The molecule has 10 nitrogen and oxygen atoms in total. The summed E-state index contributed by atoms with van der Waals surface area (Å²) in [6.07, 6.45) is -6.88. The highest BCUT2D eigenvalue weighted by Crippen LogP contribution is 2.39. The van der Waals surface area contributed by atoms with Crippen molar-refractivity contribution in [2.24, 2.45) is 4.99 Å². The lowest BCUT2D eigenvalue weighted by molar-refractivity contribution is -0.284. The normalized spacial score (nSPS) is 18.0. The molecule has 2 aliphatic heterocycles. The van der Waals surface area contributed by atoms with Gasteiger partial charge in [0, 0.05) is 30.5 Å². The predicted molar refractivity (Wildman–Crippen MR) is 163 cm³/mol. The third-order valence-electron chi connectivity index (χ3n) is 7.94. The van der Waals surface area contributed by atoms with Gasteiger partial charge >= 0.3 is 12.1 Å². The fourth-order valence-electron chi connectivity index (χ4n) is 5.23. The molecular formula is C31H36F5N3O7S. The van der Waals surface area contributed by atoms with Gasteiger partial charge in [-0.1, -0.05) is 12.1 Å². The molecule has 2 aromatic carbocycles. The number of nitrogens with zero attached hydrogens (tertiary/aromatic N) is 2. The van der Waals surface area contributed by atoms with Crippen LogP contribution < -0.4 is 14.8 Å². The molecule has 3 N–H and O–H groups in total. The number of alkyl halides is 5. The van der Waals surface area contributed by atoms with Crippen molar-refractivity contribution in [2.75, 3.05) is 32.9 Å². The number of carbonyl (C=O) groups is 1. The van der Waals surface area contributed by atoms with E-state index < -0.39 is 59.1 Å². The van der Waals surface area contributed by atoms with Crippen LogP contribution in [0, 0.1) is 13.8 Å². The topological polar surface area (TPSA) is 138 Å². The third-order valence-corrected chi connectivity index (χ3v) is 9.51. The van der Waals surface area contributed by atoms with Gasteiger partial charge in [-0.3, -0.25) is 9.79 Å². The maximum atomic E-state index is 13.2. The molecule has 2 heterocycles. The number of aryl methyl sites for hydroxylation is 2. The third kappa shape index (κ3) is 8.66. The van der Waals surface area contributed by atoms with Gasteiger partial charge in [0.25, 0.3) is 5.91 Å². The number of hydrogen-bond acceptors (Lipinski definition) is 8. The zero-order chi connectivity index (χ0) is 34.6. The van der Waals surface area contributed by atoms with Gasteiger partial charge in [0.2, 0.25) is 10.0 Å². The zero-order valence-corrected chi connectivity index (χ0v) is 26.5. The summed E-state index contributed by atoms with van der Waals surface area (Å²) < 4.78 is 102. The summed E-state index contributed by atoms with van der Waals surface area (Å²) in [5.74, 6) is -4.34. The van der Waals surface area contributed by atoms with Crippen molar-refractivity contribution < 1.29 is 54.9 Å². The van der Waals surface area contributed by atoms with E-state index >= 15 is 0 Å². The van der Waals surface area contributed by atoms with Crippen LogP contribution in [0.4, 0.5) is 22.0 Å². The quantitative estimate of drug-likeness (QED) is 0.213. The predicted octanol–water partition coefficient (Wildman–Crippen LogP) is 4.10. The summed E-state index contributed by atoms with van der Waals surface area (Å²) in [5, 5.41) is 22.3. The maximum absolute atomic E-state index is 13.2. The van der Waals surface area contributed by atoms with Crippen LogP contribution in [0.3, 0.4) is 0 Å². The molecule has 47 heavy (non-hydrogen) atoms. The number of nitrogens with one attached hydrogen (secondary N) is 1. The fraction of sp³-hybridized carbons (Fsp3) is 0.484. The van der Waals surface area contributed by atoms with Crippen molar-refractivity contribution in [2.45, 2.75) is 63.3 Å². The molecule has 16 heteroatoms. The fourth-order valence-corrected chi connectivity index (χ4v) is 6.40. The molecule has 2 aliphatic rings. The number of hydrogen-bond donors (Lipinski definition) is 3. The molecule has 258 valence electrons. The molecule has 0 unspecified atom stereocenters. The van der Waals surface area contributed by atoms with Gasteiger partial charge < -0.3 is 25.0 Å². The average Bonchev–Trinajstić information content (AvgIpc) is 3.32. The monoisotopic (exact) mass is 689 g/mol. The van der Waals surface area contributed by atoms with Gasteiger partial charge in [-0.25, -0.2) is 8.42 Å². The van der Waals surface area contributed by atoms with Gasteiger partial charge in [0.05, 0.1) is 13.2 Å². The van der Waals surface area contributed by atoms with Gasteiger partial charge in [0.1, 0.15) is 35.6 Å². The minimum atomic E-state index is -5.63. The first-order chi connectivity index (χ1) is 22.0. The number of aliphatic hydroxyl groups excluding tert-OH is 2. The van der Waals surface area contributed by atoms with E-state index in [4.69, 9.17) is 14.6 Å². The smallest absolute Gasteiger partial charge is 0.453 e. The number of carbonyl (C=O) groups excluding carboxylic acids is 1. The van der Waals surface area contributed by atoms with E-state index in [9.17, 15) is 40.3 Å². The molecule has 1 amide bonds. The zero-order valence-electron chi connectivity index (χ0n) is 25.7. The van der Waals surface area contributed by atoms with Crippen LogP contribution in [0.1, 0.15) is 47.9 Å². The minimum Gasteiger partial charge on any atom is -0.494 e. The molecule has 0 bridgehead atoms. The summed E-state index contributed by atoms with van der Waals surface area (Å²) in [6.45, 7) is 2.71. The van der Waals surface area contributed by atoms with Crippen molar-refractivity contribution in [1.82, 2.24) is 9.62 Å². The molecule has 0 saturated carbocycles. The minimum absolute atomic E-state index is 0.0283. The average molecular weight is 690 g/mol. The standard InChI is InChI=1S/C31H36F5N3O7S/c1-20-15-25(46-19-23(41)18-40)16-21(2)26(20)7-14-47(43,44)39-11-9-29(10-12-39)28(42)37-27(38-29)22-5-3-6-24(17-22)45-13-4-8-30(32,33)31(34,35)36/h3,5-7,14-17,23,40-41H,4,8-13,18-19H2,1-2H3,(H,37,38,42)/t23-/m0/s1. The highest BCUT2D eigenvalue weighted by molar-refractivity contribution is 7.92. The molecule has 4 rings (SSSR count). The van der Waals surface area contributed by atoms with Crippen LogP contribution in [-0.4, -0.2) is 91.3 Å². The number of amidine groups is 1. The number of piperidine rings is 1. The highest BCUT2D eigenvalue weighted by Gasteiger charge is 2.56. The number of rotatable bonds is 13. The summed E-state index contributed by atoms with van der Waals surface area (Å²) >= 11 is 0. The molecule has 1 fully saturated rings. The van der Waals surface area contributed by atoms with Crippen molar-refractivity contribution in [1.29, 1.82) is 0 Å². The summed E-state index contributed by atoms with van der Waals surface area (Å²) in [6, 6.07) is 9.54. The Morgan fingerprint density at radius 2 is 1.72 bits per heavy atom. The van der Waals surface area contributed by atoms with E-state index in [-0.39, 0.29) is 50.7 Å². The van der Waals surface area contributed by atoms with Crippen LogP contribution >= 0.6 is 0 Å². The molecule has 0 aromatic heterocycles. The second kappa shape index (κ2) is 14.3. The van der Waals surface area contributed by atoms with Gasteiger partial charge in [-0.05, 0) is 80.1 Å². The van der Waals surface area contributed by atoms with E-state index in [1.165, 1.54) is 22.5 Å². The van der Waals surface area contributed by atoms with Crippen LogP contribution in [-0.2, 0) is 14.8 Å². The molecule has 0 radical (unpaired) electrons. The van der Waals surface area contributed by atoms with E-state index in [2.05, 4.69) is 10.3 Å². The van der Waals surface area contributed by atoms with Crippen molar-refractivity contribution in [3.8, 4) is 11.5 Å².